The van der Waals surface area contributed by atoms with Gasteiger partial charge in [-0.1, -0.05) is 6.58 Å². The highest BCUT2D eigenvalue weighted by Crippen LogP contribution is 2.67. The predicted molar refractivity (Wildman–Crippen MR) is 102 cm³/mol. The first-order valence-corrected chi connectivity index (χ1v) is 10.5. The molecule has 0 radical (unpaired) electrons. The predicted octanol–water partition coefficient (Wildman–Crippen LogP) is 0.442. The van der Waals surface area contributed by atoms with E-state index in [2.05, 4.69) is 6.58 Å². The highest BCUT2D eigenvalue weighted by atomic mass is 16.6. The number of epoxide rings is 2. The Morgan fingerprint density at radius 3 is 2.68 bits per heavy atom. The van der Waals surface area contributed by atoms with Gasteiger partial charge in [0.2, 0.25) is 0 Å². The summed E-state index contributed by atoms with van der Waals surface area (Å²) >= 11 is 0. The van der Waals surface area contributed by atoms with Crippen LogP contribution in [0.1, 0.15) is 27.2 Å². The molecule has 168 valence electrons. The standard InChI is InChI=1S/C22H26O9/c1-9(5-6-27-11(3)23)19(25)29-12-7-22(8-28-22)14-15(21(4)18(31-21)16(14)24)17-13(12)10(2)20(26)30-17/h5,12-18,24H,2,6-8H2,1,3-4H3/b9-5-/t12-,13-,14-,15+,16-,17+,18-,21-,22-/m1/s1. The van der Waals surface area contributed by atoms with Gasteiger partial charge in [-0.05, 0) is 19.9 Å². The average molecular weight is 434 g/mol. The first-order chi connectivity index (χ1) is 14.6. The van der Waals surface area contributed by atoms with Crippen molar-refractivity contribution in [2.45, 2.75) is 62.8 Å². The number of ether oxygens (including phenoxy) is 5. The van der Waals surface area contributed by atoms with Gasteiger partial charge < -0.3 is 28.8 Å². The van der Waals surface area contributed by atoms with E-state index in [0.29, 0.717) is 13.0 Å². The molecule has 9 atom stereocenters. The molecule has 2 aliphatic carbocycles. The summed E-state index contributed by atoms with van der Waals surface area (Å²) in [5.74, 6) is -2.68. The summed E-state index contributed by atoms with van der Waals surface area (Å²) in [6.45, 7) is 9.07. The molecule has 3 heterocycles. The molecule has 0 unspecified atom stereocenters. The summed E-state index contributed by atoms with van der Waals surface area (Å²) in [6, 6.07) is 0. The maximum Gasteiger partial charge on any atom is 0.334 e. The fourth-order valence-electron chi connectivity index (χ4n) is 5.90. The second kappa shape index (κ2) is 6.63. The highest BCUT2D eigenvalue weighted by molar-refractivity contribution is 5.92. The zero-order chi connectivity index (χ0) is 22.3. The van der Waals surface area contributed by atoms with Crippen LogP contribution in [0.25, 0.3) is 0 Å². The molecule has 3 aliphatic heterocycles. The Kier molecular flexibility index (Phi) is 4.42. The first kappa shape index (κ1) is 20.7. The summed E-state index contributed by atoms with van der Waals surface area (Å²) < 4.78 is 28.1. The zero-order valence-electron chi connectivity index (χ0n) is 17.7. The third kappa shape index (κ3) is 2.97. The largest absolute Gasteiger partial charge is 0.462 e. The molecular formula is C22H26O9. The van der Waals surface area contributed by atoms with Gasteiger partial charge in [-0.25, -0.2) is 9.59 Å². The number of fused-ring (bicyclic) bond motifs is 6. The van der Waals surface area contributed by atoms with Gasteiger partial charge in [0, 0.05) is 36.3 Å². The molecule has 1 spiro atoms. The van der Waals surface area contributed by atoms with Gasteiger partial charge in [0.1, 0.15) is 36.1 Å². The molecule has 5 fully saturated rings. The lowest BCUT2D eigenvalue weighted by atomic mass is 9.76. The number of rotatable bonds is 4. The smallest absolute Gasteiger partial charge is 0.334 e. The van der Waals surface area contributed by atoms with Crippen LogP contribution < -0.4 is 0 Å². The normalized spacial score (nSPS) is 47.1. The van der Waals surface area contributed by atoms with Gasteiger partial charge in [0.05, 0.1) is 18.6 Å². The van der Waals surface area contributed by atoms with Crippen molar-refractivity contribution in [3.63, 3.8) is 0 Å². The molecule has 31 heavy (non-hydrogen) atoms. The topological polar surface area (TPSA) is 124 Å². The minimum atomic E-state index is -0.745. The van der Waals surface area contributed by atoms with Crippen molar-refractivity contribution in [1.82, 2.24) is 0 Å². The number of hydrogen-bond acceptors (Lipinski definition) is 9. The summed E-state index contributed by atoms with van der Waals surface area (Å²) in [7, 11) is 0. The fourth-order valence-corrected chi connectivity index (χ4v) is 5.90. The second-order valence-corrected chi connectivity index (χ2v) is 9.38. The van der Waals surface area contributed by atoms with Crippen molar-refractivity contribution in [2.75, 3.05) is 13.2 Å². The summed E-state index contributed by atoms with van der Waals surface area (Å²) in [4.78, 5) is 36.1. The summed E-state index contributed by atoms with van der Waals surface area (Å²) in [6.07, 6.45) is -0.603. The quantitative estimate of drug-likeness (QED) is 0.290. The summed E-state index contributed by atoms with van der Waals surface area (Å²) in [5, 5.41) is 10.9. The Balaban J connectivity index is 1.44. The number of aliphatic hydroxyl groups excluding tert-OH is 1. The van der Waals surface area contributed by atoms with E-state index in [1.54, 1.807) is 6.92 Å². The number of hydrogen-bond donors (Lipinski definition) is 1. The van der Waals surface area contributed by atoms with E-state index in [9.17, 15) is 19.5 Å². The minimum Gasteiger partial charge on any atom is -0.462 e. The SMILES string of the molecule is C=C1C(=O)O[C@H]2[C@H]1[C@H](OC(=O)/C(C)=C\COC(C)=O)C[C@@]1(CO1)[C@H]1[C@@H](O)[C@H]3O[C@]3(C)[C@H]21. The highest BCUT2D eigenvalue weighted by Gasteiger charge is 2.81. The van der Waals surface area contributed by atoms with Crippen LogP contribution in [0.3, 0.4) is 0 Å². The molecule has 0 bridgehead atoms. The molecule has 1 N–H and O–H groups in total. The van der Waals surface area contributed by atoms with Crippen molar-refractivity contribution in [1.29, 1.82) is 0 Å². The van der Waals surface area contributed by atoms with Crippen LogP contribution in [-0.2, 0) is 38.1 Å². The molecule has 3 saturated heterocycles. The van der Waals surface area contributed by atoms with Gasteiger partial charge in [0.15, 0.2) is 0 Å². The average Bonchev–Trinajstić information content (AvgIpc) is 3.57. The van der Waals surface area contributed by atoms with E-state index in [-0.39, 0.29) is 35.7 Å². The van der Waals surface area contributed by atoms with Crippen molar-refractivity contribution < 1.29 is 43.2 Å². The van der Waals surface area contributed by atoms with E-state index in [4.69, 9.17) is 23.7 Å². The first-order valence-electron chi connectivity index (χ1n) is 10.5. The van der Waals surface area contributed by atoms with Crippen LogP contribution in [0, 0.1) is 17.8 Å². The minimum absolute atomic E-state index is 0.0399. The lowest BCUT2D eigenvalue weighted by Crippen LogP contribution is -2.44. The van der Waals surface area contributed by atoms with Gasteiger partial charge in [-0.2, -0.15) is 0 Å². The lowest BCUT2D eigenvalue weighted by Gasteiger charge is -2.33. The lowest BCUT2D eigenvalue weighted by molar-refractivity contribution is -0.150. The third-order valence-electron chi connectivity index (χ3n) is 7.56. The van der Waals surface area contributed by atoms with Crippen LogP contribution in [0.15, 0.2) is 23.8 Å². The monoisotopic (exact) mass is 434 g/mol. The Bertz CT molecular complexity index is 903. The van der Waals surface area contributed by atoms with Crippen LogP contribution in [0.4, 0.5) is 0 Å². The molecule has 0 aromatic rings. The van der Waals surface area contributed by atoms with Crippen LogP contribution in [0.5, 0.6) is 0 Å². The molecule has 5 rings (SSSR count). The van der Waals surface area contributed by atoms with Crippen molar-refractivity contribution in [3.05, 3.63) is 23.8 Å². The summed E-state index contributed by atoms with van der Waals surface area (Å²) in [5.41, 5.74) is -0.735. The van der Waals surface area contributed by atoms with E-state index >= 15 is 0 Å². The zero-order valence-corrected chi connectivity index (χ0v) is 17.7. The Labute approximate surface area is 179 Å². The maximum atomic E-state index is 12.8. The van der Waals surface area contributed by atoms with Crippen molar-refractivity contribution in [2.24, 2.45) is 17.8 Å². The molecule has 9 heteroatoms. The second-order valence-electron chi connectivity index (χ2n) is 9.38. The van der Waals surface area contributed by atoms with Crippen molar-refractivity contribution >= 4 is 17.9 Å². The fraction of sp³-hybridized carbons (Fsp3) is 0.682. The van der Waals surface area contributed by atoms with Crippen LogP contribution in [-0.4, -0.2) is 71.8 Å². The number of aliphatic hydroxyl groups is 1. The molecule has 5 aliphatic rings. The van der Waals surface area contributed by atoms with Gasteiger partial charge >= 0.3 is 17.9 Å². The molecule has 2 saturated carbocycles. The van der Waals surface area contributed by atoms with Gasteiger partial charge in [-0.3, -0.25) is 4.79 Å². The van der Waals surface area contributed by atoms with Gasteiger partial charge in [-0.15, -0.1) is 0 Å². The molecule has 9 nitrogen and oxygen atoms in total. The Hall–Kier alpha value is -2.23. The third-order valence-corrected chi connectivity index (χ3v) is 7.56. The van der Waals surface area contributed by atoms with E-state index in [1.807, 2.05) is 6.92 Å². The van der Waals surface area contributed by atoms with E-state index in [1.165, 1.54) is 13.0 Å². The number of carbonyl (C=O) groups excluding carboxylic acids is 3. The molecule has 0 aromatic carbocycles. The van der Waals surface area contributed by atoms with Crippen LogP contribution in [0.2, 0.25) is 0 Å². The maximum absolute atomic E-state index is 12.8. The van der Waals surface area contributed by atoms with E-state index in [0.717, 1.165) is 0 Å². The number of esters is 3. The Morgan fingerprint density at radius 2 is 2.03 bits per heavy atom. The molecule has 0 aromatic heterocycles. The van der Waals surface area contributed by atoms with Gasteiger partial charge in [0.25, 0.3) is 0 Å². The van der Waals surface area contributed by atoms with E-state index < -0.39 is 53.3 Å². The number of carbonyl (C=O) groups is 3. The van der Waals surface area contributed by atoms with Crippen molar-refractivity contribution in [3.8, 4) is 0 Å². The molecular weight excluding hydrogens is 408 g/mol. The molecule has 0 amide bonds. The van der Waals surface area contributed by atoms with Crippen LogP contribution >= 0.6 is 0 Å². The Morgan fingerprint density at radius 1 is 1.32 bits per heavy atom.